The Bertz CT molecular complexity index is 997. The summed E-state index contributed by atoms with van der Waals surface area (Å²) in [6.45, 7) is 4.88. The minimum Gasteiger partial charge on any atom is -0.340 e. The lowest BCUT2D eigenvalue weighted by molar-refractivity contribution is 0.100. The van der Waals surface area contributed by atoms with E-state index in [0.717, 1.165) is 11.4 Å². The third-order valence-corrected chi connectivity index (χ3v) is 3.94. The Balaban J connectivity index is 1.80. The monoisotopic (exact) mass is 360 g/mol. The van der Waals surface area contributed by atoms with Gasteiger partial charge in [-0.15, -0.1) is 0 Å². The molecule has 0 atom stereocenters. The molecule has 0 unspecified atom stereocenters. The number of nitrogens with zero attached hydrogens (tertiary/aromatic N) is 2. The van der Waals surface area contributed by atoms with Gasteiger partial charge in [-0.25, -0.2) is 9.97 Å². The van der Waals surface area contributed by atoms with Gasteiger partial charge in [0.25, 0.3) is 0 Å². The van der Waals surface area contributed by atoms with Crippen molar-refractivity contribution in [2.45, 2.75) is 20.8 Å². The lowest BCUT2D eigenvalue weighted by atomic mass is 10.1. The van der Waals surface area contributed by atoms with Crippen LogP contribution in [-0.4, -0.2) is 21.5 Å². The molecular weight excluding hydrogens is 340 g/mol. The maximum atomic E-state index is 11.5. The first kappa shape index (κ1) is 18.3. The number of aromatic nitrogens is 2. The number of carbonyl (C=O) groups excluding carboxylic acids is 2. The molecule has 6 heteroatoms. The van der Waals surface area contributed by atoms with Gasteiger partial charge in [0.05, 0.1) is 0 Å². The maximum Gasteiger partial charge on any atom is 0.159 e. The minimum absolute atomic E-state index is 0.00822. The van der Waals surface area contributed by atoms with E-state index in [4.69, 9.17) is 0 Å². The van der Waals surface area contributed by atoms with Crippen LogP contribution >= 0.6 is 0 Å². The summed E-state index contributed by atoms with van der Waals surface area (Å²) in [7, 11) is 0. The van der Waals surface area contributed by atoms with Crippen LogP contribution in [0.3, 0.4) is 0 Å². The molecule has 0 saturated carbocycles. The Morgan fingerprint density at radius 2 is 1.33 bits per heavy atom. The highest BCUT2D eigenvalue weighted by molar-refractivity contribution is 5.95. The van der Waals surface area contributed by atoms with Crippen molar-refractivity contribution in [3.05, 3.63) is 71.5 Å². The molecule has 0 fully saturated rings. The molecule has 0 aliphatic carbocycles. The molecule has 0 radical (unpaired) electrons. The molecule has 6 nitrogen and oxygen atoms in total. The van der Waals surface area contributed by atoms with Crippen molar-refractivity contribution in [1.29, 1.82) is 0 Å². The number of nitrogens with one attached hydrogen (secondary N) is 2. The van der Waals surface area contributed by atoms with Crippen molar-refractivity contribution >= 4 is 34.6 Å². The molecule has 0 spiro atoms. The van der Waals surface area contributed by atoms with Gasteiger partial charge in [0.15, 0.2) is 11.6 Å². The zero-order chi connectivity index (χ0) is 19.4. The number of hydrogen-bond donors (Lipinski definition) is 2. The largest absolute Gasteiger partial charge is 0.340 e. The number of carbonyl (C=O) groups is 2. The molecule has 2 N–H and O–H groups in total. The average molecular weight is 360 g/mol. The Morgan fingerprint density at radius 3 is 1.93 bits per heavy atom. The SMILES string of the molecule is CC(=O)c1ccc(Nc2cc(Nc3cccc(C(C)=O)c3)nc(C)n2)cc1. The number of Topliss-reactive ketones (excluding diaryl/α,β-unsaturated/α-hetero) is 2. The predicted molar refractivity (Wildman–Crippen MR) is 106 cm³/mol. The van der Waals surface area contributed by atoms with E-state index in [2.05, 4.69) is 20.6 Å². The smallest absolute Gasteiger partial charge is 0.159 e. The summed E-state index contributed by atoms with van der Waals surface area (Å²) < 4.78 is 0. The highest BCUT2D eigenvalue weighted by Gasteiger charge is 2.06. The molecule has 1 heterocycles. The lowest BCUT2D eigenvalue weighted by Crippen LogP contribution is -2.02. The van der Waals surface area contributed by atoms with E-state index in [1.165, 1.54) is 13.8 Å². The van der Waals surface area contributed by atoms with Gasteiger partial charge in [-0.05, 0) is 57.2 Å². The highest BCUT2D eigenvalue weighted by Crippen LogP contribution is 2.21. The van der Waals surface area contributed by atoms with Crippen LogP contribution in [0.15, 0.2) is 54.6 Å². The molecule has 0 amide bonds. The van der Waals surface area contributed by atoms with Crippen molar-refractivity contribution < 1.29 is 9.59 Å². The summed E-state index contributed by atoms with van der Waals surface area (Å²) in [6.07, 6.45) is 0. The fraction of sp³-hybridized carbons (Fsp3) is 0.143. The van der Waals surface area contributed by atoms with E-state index in [-0.39, 0.29) is 11.6 Å². The van der Waals surface area contributed by atoms with Gasteiger partial charge in [0.2, 0.25) is 0 Å². The van der Waals surface area contributed by atoms with E-state index >= 15 is 0 Å². The van der Waals surface area contributed by atoms with Crippen molar-refractivity contribution in [1.82, 2.24) is 9.97 Å². The number of anilines is 4. The molecule has 0 aliphatic rings. The van der Waals surface area contributed by atoms with Crippen molar-refractivity contribution in [3.8, 4) is 0 Å². The lowest BCUT2D eigenvalue weighted by Gasteiger charge is -2.11. The number of aryl methyl sites for hydroxylation is 1. The third kappa shape index (κ3) is 4.76. The average Bonchev–Trinajstić information content (AvgIpc) is 2.62. The fourth-order valence-electron chi connectivity index (χ4n) is 2.60. The molecule has 1 aromatic heterocycles. The van der Waals surface area contributed by atoms with Crippen LogP contribution < -0.4 is 10.6 Å². The predicted octanol–water partition coefficient (Wildman–Crippen LogP) is 4.68. The van der Waals surface area contributed by atoms with E-state index in [1.54, 1.807) is 37.3 Å². The second-order valence-corrected chi connectivity index (χ2v) is 6.21. The molecule has 0 saturated heterocycles. The quantitative estimate of drug-likeness (QED) is 0.621. The number of ketones is 2. The van der Waals surface area contributed by atoms with Gasteiger partial charge < -0.3 is 10.6 Å². The summed E-state index contributed by atoms with van der Waals surface area (Å²) in [5, 5.41) is 6.41. The molecule has 0 bridgehead atoms. The first-order valence-corrected chi connectivity index (χ1v) is 8.52. The van der Waals surface area contributed by atoms with Gasteiger partial charge in [0.1, 0.15) is 17.5 Å². The van der Waals surface area contributed by atoms with Crippen molar-refractivity contribution in [2.24, 2.45) is 0 Å². The van der Waals surface area contributed by atoms with Crippen LogP contribution in [0.2, 0.25) is 0 Å². The second-order valence-electron chi connectivity index (χ2n) is 6.21. The molecule has 27 heavy (non-hydrogen) atoms. The Labute approximate surface area is 157 Å². The molecule has 0 aliphatic heterocycles. The Morgan fingerprint density at radius 1 is 0.741 bits per heavy atom. The van der Waals surface area contributed by atoms with Crippen molar-refractivity contribution in [2.75, 3.05) is 10.6 Å². The van der Waals surface area contributed by atoms with Crippen LogP contribution in [0.25, 0.3) is 0 Å². The summed E-state index contributed by atoms with van der Waals surface area (Å²) in [4.78, 5) is 31.7. The normalized spacial score (nSPS) is 10.3. The highest BCUT2D eigenvalue weighted by atomic mass is 16.1. The van der Waals surface area contributed by atoms with Gasteiger partial charge in [-0.1, -0.05) is 12.1 Å². The van der Waals surface area contributed by atoms with Gasteiger partial charge >= 0.3 is 0 Å². The molecule has 2 aromatic carbocycles. The maximum absolute atomic E-state index is 11.5. The van der Waals surface area contributed by atoms with Gasteiger partial charge in [-0.2, -0.15) is 0 Å². The van der Waals surface area contributed by atoms with Crippen LogP contribution in [0.4, 0.5) is 23.0 Å². The van der Waals surface area contributed by atoms with E-state index in [0.29, 0.717) is 28.6 Å². The summed E-state index contributed by atoms with van der Waals surface area (Å²) in [6, 6.07) is 16.2. The number of benzene rings is 2. The van der Waals surface area contributed by atoms with Crippen LogP contribution in [0.5, 0.6) is 0 Å². The molecular formula is C21H20N4O2. The number of rotatable bonds is 6. The van der Waals surface area contributed by atoms with Crippen LogP contribution in [-0.2, 0) is 0 Å². The molecule has 3 rings (SSSR count). The van der Waals surface area contributed by atoms with Gasteiger partial charge in [-0.3, -0.25) is 9.59 Å². The first-order valence-electron chi connectivity index (χ1n) is 8.52. The van der Waals surface area contributed by atoms with Crippen molar-refractivity contribution in [3.63, 3.8) is 0 Å². The minimum atomic E-state index is 0.00822. The van der Waals surface area contributed by atoms with Crippen LogP contribution in [0, 0.1) is 6.92 Å². The summed E-state index contributed by atoms with van der Waals surface area (Å²) in [5.74, 6) is 1.88. The van der Waals surface area contributed by atoms with Crippen LogP contribution in [0.1, 0.15) is 40.4 Å². The summed E-state index contributed by atoms with van der Waals surface area (Å²) >= 11 is 0. The second kappa shape index (κ2) is 7.78. The number of hydrogen-bond acceptors (Lipinski definition) is 6. The molecule has 136 valence electrons. The first-order chi connectivity index (χ1) is 12.9. The van der Waals surface area contributed by atoms with E-state index < -0.39 is 0 Å². The van der Waals surface area contributed by atoms with E-state index in [1.807, 2.05) is 24.3 Å². The van der Waals surface area contributed by atoms with Gasteiger partial charge in [0, 0.05) is 28.6 Å². The van der Waals surface area contributed by atoms with E-state index in [9.17, 15) is 9.59 Å². The Kier molecular flexibility index (Phi) is 5.26. The zero-order valence-electron chi connectivity index (χ0n) is 15.4. The molecule has 3 aromatic rings. The third-order valence-electron chi connectivity index (χ3n) is 3.94. The summed E-state index contributed by atoms with van der Waals surface area (Å²) in [5.41, 5.74) is 2.89. The fourth-order valence-corrected chi connectivity index (χ4v) is 2.60. The topological polar surface area (TPSA) is 84.0 Å². The Hall–Kier alpha value is -3.54. The standard InChI is InChI=1S/C21H20N4O2/c1-13(26)16-7-9-18(10-8-16)24-20-12-21(23-15(3)22-20)25-19-6-4-5-17(11-19)14(2)27/h4-12H,1-3H3,(H2,22,23,24,25). The zero-order valence-corrected chi connectivity index (χ0v) is 15.4.